The molecule has 0 radical (unpaired) electrons. The first-order valence-corrected chi connectivity index (χ1v) is 8.10. The zero-order valence-corrected chi connectivity index (χ0v) is 13.8. The average Bonchev–Trinajstić information content (AvgIpc) is 2.92. The van der Waals surface area contributed by atoms with Crippen molar-refractivity contribution in [3.63, 3.8) is 0 Å². The number of allylic oxidation sites excluding steroid dienone is 1. The number of aromatic nitrogens is 1. The molecule has 0 amide bonds. The van der Waals surface area contributed by atoms with Crippen LogP contribution in [-0.4, -0.2) is 15.9 Å². The zero-order chi connectivity index (χ0) is 14.3. The Labute approximate surface area is 134 Å². The Kier molecular flexibility index (Phi) is 3.62. The molecule has 0 saturated carbocycles. The van der Waals surface area contributed by atoms with Gasteiger partial charge in [0.1, 0.15) is 0 Å². The molecule has 1 aliphatic rings. The second kappa shape index (κ2) is 5.27. The number of aromatic hydroxyl groups is 1. The second-order valence-corrected chi connectivity index (χ2v) is 6.91. The minimum atomic E-state index is 0.229. The van der Waals surface area contributed by atoms with E-state index in [1.807, 2.05) is 37.4 Å². The zero-order valence-electron chi connectivity index (χ0n) is 10.6. The van der Waals surface area contributed by atoms with Crippen LogP contribution < -0.4 is 0 Å². The van der Waals surface area contributed by atoms with Crippen LogP contribution in [0, 0.1) is 3.95 Å². The molecule has 0 spiro atoms. The van der Waals surface area contributed by atoms with E-state index in [4.69, 9.17) is 12.2 Å². The maximum Gasteiger partial charge on any atom is 0.210 e. The highest BCUT2D eigenvalue weighted by molar-refractivity contribution is 9.10. The second-order valence-electron chi connectivity index (χ2n) is 4.32. The van der Waals surface area contributed by atoms with E-state index in [0.29, 0.717) is 10.5 Å². The fourth-order valence-corrected chi connectivity index (χ4v) is 3.85. The van der Waals surface area contributed by atoms with Gasteiger partial charge in [-0.2, -0.15) is 0 Å². The molecule has 0 atom stereocenters. The van der Waals surface area contributed by atoms with Crippen LogP contribution in [0.3, 0.4) is 0 Å². The third-order valence-corrected chi connectivity index (χ3v) is 4.99. The van der Waals surface area contributed by atoms with Crippen LogP contribution in [-0.2, 0) is 6.54 Å². The number of nitrogens with zero attached hydrogens (tertiary/aromatic N) is 2. The molecule has 1 aliphatic heterocycles. The summed E-state index contributed by atoms with van der Waals surface area (Å²) in [5, 5.41) is 10.2. The largest absolute Gasteiger partial charge is 0.493 e. The summed E-state index contributed by atoms with van der Waals surface area (Å²) in [7, 11) is 0. The van der Waals surface area contributed by atoms with Crippen LogP contribution in [0.1, 0.15) is 17.4 Å². The number of benzene rings is 1. The van der Waals surface area contributed by atoms with Crippen molar-refractivity contribution in [2.24, 2.45) is 4.99 Å². The topological polar surface area (TPSA) is 37.5 Å². The van der Waals surface area contributed by atoms with E-state index in [0.717, 1.165) is 26.2 Å². The molecule has 1 aromatic heterocycles. The number of fused-ring (bicyclic) bond motifs is 1. The number of halogens is 1. The summed E-state index contributed by atoms with van der Waals surface area (Å²) in [6.45, 7) is 2.63. The fraction of sp³-hybridized carbons (Fsp3) is 0.143. The van der Waals surface area contributed by atoms with Gasteiger partial charge in [-0.1, -0.05) is 15.9 Å². The van der Waals surface area contributed by atoms with Gasteiger partial charge in [0.25, 0.3) is 0 Å². The van der Waals surface area contributed by atoms with Gasteiger partial charge in [-0.3, -0.25) is 9.56 Å². The van der Waals surface area contributed by atoms with Gasteiger partial charge >= 0.3 is 0 Å². The normalized spacial score (nSPS) is 15.0. The Morgan fingerprint density at radius 1 is 1.50 bits per heavy atom. The minimum absolute atomic E-state index is 0.229. The van der Waals surface area contributed by atoms with Gasteiger partial charge in [0.2, 0.25) is 5.88 Å². The number of hydrogen-bond acceptors (Lipinski definition) is 4. The van der Waals surface area contributed by atoms with Crippen molar-refractivity contribution in [3.05, 3.63) is 37.1 Å². The molecule has 6 heteroatoms. The lowest BCUT2D eigenvalue weighted by molar-refractivity contribution is 0.419. The third-order valence-electron chi connectivity index (χ3n) is 3.11. The fourth-order valence-electron chi connectivity index (χ4n) is 2.10. The van der Waals surface area contributed by atoms with Crippen LogP contribution in [0.2, 0.25) is 0 Å². The molecule has 0 bridgehead atoms. The van der Waals surface area contributed by atoms with Crippen LogP contribution in [0.5, 0.6) is 5.88 Å². The Morgan fingerprint density at radius 2 is 2.30 bits per heavy atom. The number of hydrogen-bond donors (Lipinski definition) is 1. The first-order valence-electron chi connectivity index (χ1n) is 6.08. The smallest absolute Gasteiger partial charge is 0.210 e. The minimum Gasteiger partial charge on any atom is -0.493 e. The van der Waals surface area contributed by atoms with Gasteiger partial charge in [-0.25, -0.2) is 0 Å². The Balaban J connectivity index is 2.11. The highest BCUT2D eigenvalue weighted by Gasteiger charge is 2.15. The number of aliphatic imine (C=N–C) groups is 1. The predicted molar refractivity (Wildman–Crippen MR) is 90.6 cm³/mol. The Bertz CT molecular complexity index is 802. The average molecular weight is 367 g/mol. The van der Waals surface area contributed by atoms with Gasteiger partial charge in [0.05, 0.1) is 10.6 Å². The highest BCUT2D eigenvalue weighted by Crippen LogP contribution is 2.37. The summed E-state index contributed by atoms with van der Waals surface area (Å²) in [5.41, 5.74) is 2.98. The quantitative estimate of drug-likeness (QED) is 0.757. The molecule has 20 heavy (non-hydrogen) atoms. The maximum absolute atomic E-state index is 10.2. The van der Waals surface area contributed by atoms with Crippen molar-refractivity contribution in [1.29, 1.82) is 0 Å². The monoisotopic (exact) mass is 366 g/mol. The summed E-state index contributed by atoms with van der Waals surface area (Å²) in [6, 6.07) is 5.96. The van der Waals surface area contributed by atoms with Gasteiger partial charge in [-0.15, -0.1) is 11.3 Å². The van der Waals surface area contributed by atoms with Crippen molar-refractivity contribution in [2.45, 2.75) is 13.5 Å². The molecule has 1 aromatic carbocycles. The van der Waals surface area contributed by atoms with Crippen molar-refractivity contribution < 1.29 is 5.11 Å². The molecular formula is C14H11BrN2OS2. The van der Waals surface area contributed by atoms with E-state index in [1.165, 1.54) is 11.3 Å². The molecular weight excluding hydrogens is 356 g/mol. The first kappa shape index (κ1) is 13.7. The summed E-state index contributed by atoms with van der Waals surface area (Å²) in [4.78, 5) is 5.14. The van der Waals surface area contributed by atoms with Crippen LogP contribution >= 0.6 is 39.5 Å². The van der Waals surface area contributed by atoms with E-state index < -0.39 is 0 Å². The van der Waals surface area contributed by atoms with Crippen molar-refractivity contribution >= 4 is 63.0 Å². The van der Waals surface area contributed by atoms with E-state index in [-0.39, 0.29) is 5.88 Å². The highest BCUT2D eigenvalue weighted by atomic mass is 79.9. The SMILES string of the molecule is CCn1c(O)c(/C=C2\C=Nc3ccc(Br)cc32)sc1=S. The number of rotatable bonds is 2. The van der Waals surface area contributed by atoms with E-state index in [2.05, 4.69) is 20.9 Å². The number of thiazole rings is 1. The Hall–Kier alpha value is -1.24. The van der Waals surface area contributed by atoms with E-state index >= 15 is 0 Å². The van der Waals surface area contributed by atoms with Gasteiger partial charge in [0, 0.05) is 28.4 Å². The third kappa shape index (κ3) is 2.28. The summed E-state index contributed by atoms with van der Waals surface area (Å²) in [5.74, 6) is 0.229. The van der Waals surface area contributed by atoms with Crippen molar-refractivity contribution in [1.82, 2.24) is 4.57 Å². The molecule has 3 nitrogen and oxygen atoms in total. The van der Waals surface area contributed by atoms with Gasteiger partial charge in [0.15, 0.2) is 3.95 Å². The molecule has 2 heterocycles. The standard InChI is InChI=1S/C14H11BrN2OS2/c1-2-17-13(18)12(20-14(17)19)5-8-7-16-11-4-3-9(15)6-10(8)11/h3-7,18H,2H2,1H3/b8-5+. The maximum atomic E-state index is 10.2. The van der Waals surface area contributed by atoms with Gasteiger partial charge < -0.3 is 5.11 Å². The summed E-state index contributed by atoms with van der Waals surface area (Å²) < 4.78 is 3.41. The van der Waals surface area contributed by atoms with Crippen LogP contribution in [0.4, 0.5) is 5.69 Å². The molecule has 0 saturated heterocycles. The lowest BCUT2D eigenvalue weighted by Gasteiger charge is -2.01. The lowest BCUT2D eigenvalue weighted by Crippen LogP contribution is -1.91. The van der Waals surface area contributed by atoms with Crippen molar-refractivity contribution in [3.8, 4) is 5.88 Å². The first-order chi connectivity index (χ1) is 9.60. The molecule has 102 valence electrons. The lowest BCUT2D eigenvalue weighted by atomic mass is 10.1. The summed E-state index contributed by atoms with van der Waals surface area (Å²) in [6.07, 6.45) is 3.75. The van der Waals surface area contributed by atoms with Crippen LogP contribution in [0.15, 0.2) is 27.7 Å². The van der Waals surface area contributed by atoms with Crippen molar-refractivity contribution in [2.75, 3.05) is 0 Å². The Morgan fingerprint density at radius 3 is 3.00 bits per heavy atom. The molecule has 3 rings (SSSR count). The van der Waals surface area contributed by atoms with Crippen LogP contribution in [0.25, 0.3) is 11.6 Å². The summed E-state index contributed by atoms with van der Waals surface area (Å²) >= 11 is 10.1. The molecule has 0 unspecified atom stereocenters. The van der Waals surface area contributed by atoms with Gasteiger partial charge in [-0.05, 0) is 43.4 Å². The van der Waals surface area contributed by atoms with E-state index in [9.17, 15) is 5.11 Å². The van der Waals surface area contributed by atoms with E-state index in [1.54, 1.807) is 4.57 Å². The molecule has 2 aromatic rings. The molecule has 0 aliphatic carbocycles. The molecule has 0 fully saturated rings. The predicted octanol–water partition coefficient (Wildman–Crippen LogP) is 5.02. The molecule has 1 N–H and O–H groups in total.